The Morgan fingerprint density at radius 1 is 0.652 bits per heavy atom. The van der Waals surface area contributed by atoms with E-state index in [1.165, 1.54) is 11.1 Å². The van der Waals surface area contributed by atoms with Crippen LogP contribution in [0, 0.1) is 0 Å². The monoisotopic (exact) mass is 324 g/mol. The number of alkyl halides is 1. The van der Waals surface area contributed by atoms with Crippen molar-refractivity contribution in [1.82, 2.24) is 0 Å². The molecule has 0 unspecified atom stereocenters. The van der Waals surface area contributed by atoms with Crippen molar-refractivity contribution in [2.45, 2.75) is 12.3 Å². The molecule has 0 saturated heterocycles. The van der Waals surface area contributed by atoms with Gasteiger partial charge in [-0.15, -0.1) is 11.6 Å². The molecule has 3 rings (SSSR count). The van der Waals surface area contributed by atoms with E-state index in [2.05, 4.69) is 60.7 Å². The smallest absolute Gasteiger partial charge is 0.118 e. The van der Waals surface area contributed by atoms with E-state index in [0.717, 1.165) is 17.7 Å². The lowest BCUT2D eigenvalue weighted by molar-refractivity contribution is 0.414. The number of rotatable bonds is 4. The summed E-state index contributed by atoms with van der Waals surface area (Å²) in [5, 5.41) is 0. The van der Waals surface area contributed by atoms with Crippen molar-refractivity contribution in [1.29, 1.82) is 0 Å². The molecule has 0 atom stereocenters. The summed E-state index contributed by atoms with van der Waals surface area (Å²) in [6, 6.07) is 28.8. The van der Waals surface area contributed by atoms with Crippen molar-refractivity contribution in [2.75, 3.05) is 7.11 Å². The topological polar surface area (TPSA) is 9.23 Å². The Hall–Kier alpha value is -2.25. The van der Waals surface area contributed by atoms with Crippen LogP contribution in [0.3, 0.4) is 0 Å². The van der Waals surface area contributed by atoms with Gasteiger partial charge in [-0.05, 0) is 35.2 Å². The average molecular weight is 325 g/mol. The van der Waals surface area contributed by atoms with Gasteiger partial charge in [-0.1, -0.05) is 72.8 Å². The van der Waals surface area contributed by atoms with E-state index in [1.54, 1.807) is 7.11 Å². The Kier molecular flexibility index (Phi) is 7.22. The van der Waals surface area contributed by atoms with Gasteiger partial charge in [0.2, 0.25) is 0 Å². The van der Waals surface area contributed by atoms with Crippen molar-refractivity contribution < 1.29 is 4.74 Å². The first kappa shape index (κ1) is 17.1. The van der Waals surface area contributed by atoms with Crippen LogP contribution in [0.5, 0.6) is 5.75 Å². The van der Waals surface area contributed by atoms with Gasteiger partial charge in [0.25, 0.3) is 0 Å². The van der Waals surface area contributed by atoms with E-state index < -0.39 is 0 Å². The third-order valence-electron chi connectivity index (χ3n) is 3.41. The largest absolute Gasteiger partial charge is 0.497 e. The SMILES string of the molecule is COc1ccc(CCl)cc1.c1ccc(Cc2ccccc2)cc1. The van der Waals surface area contributed by atoms with Crippen LogP contribution in [0.2, 0.25) is 0 Å². The van der Waals surface area contributed by atoms with E-state index in [1.807, 2.05) is 24.3 Å². The molecule has 0 heterocycles. The van der Waals surface area contributed by atoms with Crippen LogP contribution >= 0.6 is 11.6 Å². The lowest BCUT2D eigenvalue weighted by atomic mass is 10.1. The maximum atomic E-state index is 5.58. The lowest BCUT2D eigenvalue weighted by Crippen LogP contribution is -1.85. The van der Waals surface area contributed by atoms with Gasteiger partial charge in [-0.25, -0.2) is 0 Å². The molecular weight excluding hydrogens is 304 g/mol. The molecule has 2 heteroatoms. The minimum absolute atomic E-state index is 0.560. The number of ether oxygens (including phenoxy) is 1. The Labute approximate surface area is 143 Å². The first-order chi connectivity index (χ1) is 11.3. The van der Waals surface area contributed by atoms with Gasteiger partial charge in [0.1, 0.15) is 5.75 Å². The van der Waals surface area contributed by atoms with Gasteiger partial charge in [0.15, 0.2) is 0 Å². The Bertz CT molecular complexity index is 603. The highest BCUT2D eigenvalue weighted by atomic mass is 35.5. The zero-order valence-electron chi connectivity index (χ0n) is 13.3. The molecule has 0 fully saturated rings. The fraction of sp³-hybridized carbons (Fsp3) is 0.143. The van der Waals surface area contributed by atoms with Crippen LogP contribution in [-0.2, 0) is 12.3 Å². The Balaban J connectivity index is 0.000000174. The molecule has 0 radical (unpaired) electrons. The summed E-state index contributed by atoms with van der Waals surface area (Å²) in [4.78, 5) is 0. The van der Waals surface area contributed by atoms with Crippen molar-refractivity contribution in [3.05, 3.63) is 102 Å². The average Bonchev–Trinajstić information content (AvgIpc) is 2.64. The third-order valence-corrected chi connectivity index (χ3v) is 3.72. The summed E-state index contributed by atoms with van der Waals surface area (Å²) >= 11 is 5.58. The van der Waals surface area contributed by atoms with Gasteiger partial charge >= 0.3 is 0 Å². The number of hydrogen-bond acceptors (Lipinski definition) is 1. The normalized spacial score (nSPS) is 9.65. The molecule has 0 amide bonds. The molecule has 23 heavy (non-hydrogen) atoms. The molecule has 0 aromatic heterocycles. The molecule has 0 spiro atoms. The maximum Gasteiger partial charge on any atom is 0.118 e. The van der Waals surface area contributed by atoms with Crippen LogP contribution in [0.25, 0.3) is 0 Å². The highest BCUT2D eigenvalue weighted by Gasteiger charge is 1.92. The van der Waals surface area contributed by atoms with E-state index in [4.69, 9.17) is 16.3 Å². The molecule has 118 valence electrons. The molecule has 3 aromatic carbocycles. The number of benzene rings is 3. The standard InChI is InChI=1S/C13H12.C8H9ClO/c1-3-7-12(8-4-1)11-13-9-5-2-6-10-13;1-10-8-4-2-7(6-9)3-5-8/h1-10H,11H2;2-5H,6H2,1H3. The predicted molar refractivity (Wildman–Crippen MR) is 98.2 cm³/mol. The zero-order chi connectivity index (χ0) is 16.3. The fourth-order valence-corrected chi connectivity index (χ4v) is 2.32. The highest BCUT2D eigenvalue weighted by Crippen LogP contribution is 2.12. The summed E-state index contributed by atoms with van der Waals surface area (Å²) in [5.74, 6) is 1.43. The first-order valence-electron chi connectivity index (χ1n) is 7.58. The van der Waals surface area contributed by atoms with Crippen molar-refractivity contribution in [3.63, 3.8) is 0 Å². The molecule has 0 bridgehead atoms. The van der Waals surface area contributed by atoms with Crippen molar-refractivity contribution >= 4 is 11.6 Å². The van der Waals surface area contributed by atoms with Crippen molar-refractivity contribution in [2.24, 2.45) is 0 Å². The fourth-order valence-electron chi connectivity index (χ4n) is 2.14. The van der Waals surface area contributed by atoms with Crippen LogP contribution < -0.4 is 4.74 Å². The zero-order valence-corrected chi connectivity index (χ0v) is 14.0. The summed E-state index contributed by atoms with van der Waals surface area (Å²) < 4.78 is 4.97. The lowest BCUT2D eigenvalue weighted by Gasteiger charge is -2.00. The number of methoxy groups -OCH3 is 1. The summed E-state index contributed by atoms with van der Waals surface area (Å²) in [6.45, 7) is 0. The van der Waals surface area contributed by atoms with E-state index >= 15 is 0 Å². The summed E-state index contributed by atoms with van der Waals surface area (Å²) in [5.41, 5.74) is 3.85. The van der Waals surface area contributed by atoms with Gasteiger partial charge < -0.3 is 4.74 Å². The Morgan fingerprint density at radius 2 is 1.13 bits per heavy atom. The molecule has 0 N–H and O–H groups in total. The second kappa shape index (κ2) is 9.70. The molecule has 0 aliphatic heterocycles. The third kappa shape index (κ3) is 6.17. The molecule has 1 nitrogen and oxygen atoms in total. The quantitative estimate of drug-likeness (QED) is 0.558. The van der Waals surface area contributed by atoms with Crippen LogP contribution in [0.1, 0.15) is 16.7 Å². The first-order valence-corrected chi connectivity index (χ1v) is 8.12. The van der Waals surface area contributed by atoms with Gasteiger partial charge in [0.05, 0.1) is 7.11 Å². The molecule has 3 aromatic rings. The van der Waals surface area contributed by atoms with Gasteiger partial charge in [-0.2, -0.15) is 0 Å². The number of halogens is 1. The van der Waals surface area contributed by atoms with Gasteiger partial charge in [0, 0.05) is 5.88 Å². The van der Waals surface area contributed by atoms with Crippen molar-refractivity contribution in [3.8, 4) is 5.75 Å². The molecular formula is C21H21ClO. The predicted octanol–water partition coefficient (Wildman–Crippen LogP) is 5.71. The van der Waals surface area contributed by atoms with E-state index in [0.29, 0.717) is 5.88 Å². The van der Waals surface area contributed by atoms with Gasteiger partial charge in [-0.3, -0.25) is 0 Å². The van der Waals surface area contributed by atoms with Crippen LogP contribution in [0.15, 0.2) is 84.9 Å². The summed E-state index contributed by atoms with van der Waals surface area (Å²) in [6.07, 6.45) is 1.03. The minimum Gasteiger partial charge on any atom is -0.497 e. The minimum atomic E-state index is 0.560. The Morgan fingerprint density at radius 3 is 1.52 bits per heavy atom. The molecule has 0 aliphatic rings. The van der Waals surface area contributed by atoms with Crippen LogP contribution in [0.4, 0.5) is 0 Å². The second-order valence-corrected chi connectivity index (χ2v) is 5.40. The molecule has 0 aliphatic carbocycles. The van der Waals surface area contributed by atoms with Crippen LogP contribution in [-0.4, -0.2) is 7.11 Å². The van der Waals surface area contributed by atoms with E-state index in [-0.39, 0.29) is 0 Å². The summed E-state index contributed by atoms with van der Waals surface area (Å²) in [7, 11) is 1.65. The highest BCUT2D eigenvalue weighted by molar-refractivity contribution is 6.17. The second-order valence-electron chi connectivity index (χ2n) is 5.13. The molecule has 0 saturated carbocycles. The maximum absolute atomic E-state index is 5.58. The van der Waals surface area contributed by atoms with E-state index in [9.17, 15) is 0 Å². The number of hydrogen-bond donors (Lipinski definition) is 0.